The Morgan fingerprint density at radius 2 is 2.28 bits per heavy atom. The minimum Gasteiger partial charge on any atom is -0.352 e. The van der Waals surface area contributed by atoms with E-state index in [-0.39, 0.29) is 19.6 Å². The largest absolute Gasteiger partial charge is 0.472 e. The molecule has 1 aromatic heterocycles. The summed E-state index contributed by atoms with van der Waals surface area (Å²) in [5.41, 5.74) is 7.78. The predicted octanol–water partition coefficient (Wildman–Crippen LogP) is 0.965. The van der Waals surface area contributed by atoms with Crippen molar-refractivity contribution in [2.24, 2.45) is 5.11 Å². The van der Waals surface area contributed by atoms with Gasteiger partial charge in [-0.1, -0.05) is 5.11 Å². The Labute approximate surface area is 141 Å². The molecule has 1 fully saturated rings. The first-order valence-electron chi connectivity index (χ1n) is 7.41. The number of phosphoric acid groups is 1. The van der Waals surface area contributed by atoms with E-state index in [2.05, 4.69) is 19.5 Å². The second-order valence-electron chi connectivity index (χ2n) is 5.30. The van der Waals surface area contributed by atoms with Crippen LogP contribution in [0.3, 0.4) is 0 Å². The molecule has 138 valence electrons. The zero-order valence-corrected chi connectivity index (χ0v) is 14.5. The molecule has 0 aliphatic carbocycles. The van der Waals surface area contributed by atoms with Gasteiger partial charge < -0.3 is 9.63 Å². The van der Waals surface area contributed by atoms with Gasteiger partial charge in [0.2, 0.25) is 0 Å². The number of rotatable bonds is 7. The van der Waals surface area contributed by atoms with Crippen molar-refractivity contribution in [2.75, 3.05) is 13.2 Å². The number of nitrogens with one attached hydrogen (secondary N) is 1. The van der Waals surface area contributed by atoms with Gasteiger partial charge in [0.25, 0.3) is 5.56 Å². The van der Waals surface area contributed by atoms with Gasteiger partial charge in [-0.15, -0.1) is 0 Å². The first-order valence-corrected chi connectivity index (χ1v) is 8.90. The van der Waals surface area contributed by atoms with Crippen LogP contribution in [0, 0.1) is 6.92 Å². The first kappa shape index (κ1) is 19.4. The van der Waals surface area contributed by atoms with Gasteiger partial charge in [-0.25, -0.2) is 9.36 Å². The minimum absolute atomic E-state index is 0.0201. The van der Waals surface area contributed by atoms with E-state index in [1.165, 1.54) is 20.0 Å². The highest BCUT2D eigenvalue weighted by Gasteiger charge is 2.38. The van der Waals surface area contributed by atoms with Crippen LogP contribution in [0.25, 0.3) is 10.4 Å². The van der Waals surface area contributed by atoms with Crippen LogP contribution < -0.4 is 11.2 Å². The maximum Gasteiger partial charge on any atom is 0.472 e. The molecule has 4 atom stereocenters. The molecular formula is C12H18N5O7P. The fraction of sp³-hybridized carbons (Fsp3) is 0.667. The molecular weight excluding hydrogens is 357 g/mol. The molecule has 0 saturated carbocycles. The second kappa shape index (κ2) is 7.96. The van der Waals surface area contributed by atoms with Crippen molar-refractivity contribution in [2.45, 2.75) is 38.6 Å². The molecule has 0 amide bonds. The van der Waals surface area contributed by atoms with Crippen LogP contribution in [-0.2, 0) is 18.3 Å². The zero-order valence-electron chi connectivity index (χ0n) is 13.6. The Kier molecular flexibility index (Phi) is 6.17. The van der Waals surface area contributed by atoms with Crippen LogP contribution >= 0.6 is 7.82 Å². The van der Waals surface area contributed by atoms with E-state index in [0.717, 1.165) is 4.57 Å². The summed E-state index contributed by atoms with van der Waals surface area (Å²) in [5, 5.41) is 3.57. The molecule has 1 unspecified atom stereocenters. The lowest BCUT2D eigenvalue weighted by atomic mass is 10.1. The molecule has 2 N–H and O–H groups in total. The Bertz CT molecular complexity index is 830. The average Bonchev–Trinajstić information content (AvgIpc) is 2.92. The number of nitrogens with zero attached hydrogens (tertiary/aromatic N) is 4. The van der Waals surface area contributed by atoms with Crippen LogP contribution in [0.5, 0.6) is 0 Å². The third kappa shape index (κ3) is 4.79. The molecule has 25 heavy (non-hydrogen) atoms. The highest BCUT2D eigenvalue weighted by Crippen LogP contribution is 2.44. The van der Waals surface area contributed by atoms with Crippen LogP contribution in [0.15, 0.2) is 20.9 Å². The Balaban J connectivity index is 2.19. The molecule has 1 aliphatic rings. The molecule has 1 aromatic rings. The van der Waals surface area contributed by atoms with Crippen molar-refractivity contribution < 1.29 is 23.2 Å². The number of H-pyrrole nitrogens is 1. The monoisotopic (exact) mass is 375 g/mol. The van der Waals surface area contributed by atoms with Crippen molar-refractivity contribution in [3.8, 4) is 0 Å². The van der Waals surface area contributed by atoms with E-state index in [4.69, 9.17) is 14.8 Å². The van der Waals surface area contributed by atoms with E-state index in [1.807, 2.05) is 0 Å². The lowest BCUT2D eigenvalue weighted by molar-refractivity contribution is -0.0282. The number of azide groups is 1. The Hall–Kier alpha value is -1.94. The number of ether oxygens (including phenoxy) is 1. The van der Waals surface area contributed by atoms with Gasteiger partial charge in [0, 0.05) is 23.1 Å². The summed E-state index contributed by atoms with van der Waals surface area (Å²) in [6.07, 6.45) is -0.217. The summed E-state index contributed by atoms with van der Waals surface area (Å²) in [7, 11) is -4.24. The summed E-state index contributed by atoms with van der Waals surface area (Å²) in [6, 6.07) is -0.726. The quantitative estimate of drug-likeness (QED) is 0.309. The van der Waals surface area contributed by atoms with Crippen molar-refractivity contribution in [1.29, 1.82) is 0 Å². The summed E-state index contributed by atoms with van der Waals surface area (Å²) >= 11 is 0. The molecule has 0 aromatic carbocycles. The van der Waals surface area contributed by atoms with Gasteiger partial charge in [-0.05, 0) is 19.4 Å². The molecule has 13 heteroatoms. The summed E-state index contributed by atoms with van der Waals surface area (Å²) in [6.45, 7) is 2.67. The lowest BCUT2D eigenvalue weighted by Crippen LogP contribution is -2.33. The summed E-state index contributed by atoms with van der Waals surface area (Å²) in [5.74, 6) is 0. The fourth-order valence-corrected chi connectivity index (χ4v) is 3.13. The highest BCUT2D eigenvalue weighted by molar-refractivity contribution is 7.47. The van der Waals surface area contributed by atoms with Gasteiger partial charge in [0.15, 0.2) is 0 Å². The molecule has 2 rings (SSSR count). The normalized spacial score (nSPS) is 25.3. The minimum atomic E-state index is -4.24. The number of hydrogen-bond acceptors (Lipinski definition) is 7. The van der Waals surface area contributed by atoms with Crippen molar-refractivity contribution in [3.63, 3.8) is 0 Å². The van der Waals surface area contributed by atoms with Gasteiger partial charge in [0.1, 0.15) is 6.23 Å². The van der Waals surface area contributed by atoms with Crippen LogP contribution in [0.2, 0.25) is 0 Å². The Morgan fingerprint density at radius 3 is 2.92 bits per heavy atom. The molecule has 1 aliphatic heterocycles. The predicted molar refractivity (Wildman–Crippen MR) is 84.9 cm³/mol. The number of aromatic nitrogens is 2. The average molecular weight is 375 g/mol. The van der Waals surface area contributed by atoms with E-state index >= 15 is 0 Å². The van der Waals surface area contributed by atoms with Gasteiger partial charge >= 0.3 is 13.5 Å². The molecule has 2 heterocycles. The Morgan fingerprint density at radius 1 is 1.56 bits per heavy atom. The molecule has 0 spiro atoms. The van der Waals surface area contributed by atoms with Crippen molar-refractivity contribution in [3.05, 3.63) is 43.0 Å². The fourth-order valence-electron chi connectivity index (χ4n) is 2.39. The topological polar surface area (TPSA) is 169 Å². The van der Waals surface area contributed by atoms with E-state index in [1.54, 1.807) is 0 Å². The van der Waals surface area contributed by atoms with Gasteiger partial charge in [0.05, 0.1) is 25.4 Å². The zero-order chi connectivity index (χ0) is 18.6. The lowest BCUT2D eigenvalue weighted by Gasteiger charge is -2.18. The molecule has 0 radical (unpaired) electrons. The van der Waals surface area contributed by atoms with Crippen molar-refractivity contribution in [1.82, 2.24) is 9.55 Å². The van der Waals surface area contributed by atoms with Crippen LogP contribution in [0.4, 0.5) is 0 Å². The van der Waals surface area contributed by atoms with E-state index < -0.39 is 37.4 Å². The summed E-state index contributed by atoms with van der Waals surface area (Å²) < 4.78 is 27.8. The number of phosphoric ester groups is 1. The molecule has 0 bridgehead atoms. The maximum absolute atomic E-state index is 11.9. The third-order valence-corrected chi connectivity index (χ3v) is 4.61. The first-order chi connectivity index (χ1) is 11.8. The molecule has 12 nitrogen and oxygen atoms in total. The maximum atomic E-state index is 11.9. The second-order valence-corrected chi connectivity index (χ2v) is 6.75. The van der Waals surface area contributed by atoms with Gasteiger partial charge in [-0.3, -0.25) is 23.4 Å². The van der Waals surface area contributed by atoms with Crippen LogP contribution in [-0.4, -0.2) is 39.8 Å². The molecule has 1 saturated heterocycles. The smallest absolute Gasteiger partial charge is 0.352 e. The van der Waals surface area contributed by atoms with Gasteiger partial charge in [-0.2, -0.15) is 0 Å². The van der Waals surface area contributed by atoms with E-state index in [0.29, 0.717) is 5.56 Å². The van der Waals surface area contributed by atoms with Crippen molar-refractivity contribution >= 4 is 7.82 Å². The highest BCUT2D eigenvalue weighted by atomic mass is 31.2. The number of aryl methyl sites for hydroxylation is 1. The standard InChI is InChI=1S/C12H18N5O7P/c1-3-22-25(20,21)23-6-9-8(15-16-13)4-10(24-9)17-5-7(2)11(18)14-12(17)19/h5,8-10H,3-4,6H2,1-2H3,(H,20,21)(H,14,18,19)/t8-,9+,10+/m0/s1. The summed E-state index contributed by atoms with van der Waals surface area (Å²) in [4.78, 5) is 37.7. The third-order valence-electron chi connectivity index (χ3n) is 3.55. The number of aromatic amines is 1. The number of hydrogen-bond donors (Lipinski definition) is 2. The van der Waals surface area contributed by atoms with Crippen LogP contribution in [0.1, 0.15) is 25.1 Å². The van der Waals surface area contributed by atoms with E-state index in [9.17, 15) is 19.0 Å². The SMILES string of the molecule is CCOP(=O)(O)OC[C@H]1O[C@@H](n2cc(C)c(=O)[nH]c2=O)C[C@@H]1N=[N+]=[N-].